The Morgan fingerprint density at radius 1 is 1.07 bits per heavy atom. The van der Waals surface area contributed by atoms with E-state index in [0.29, 0.717) is 25.2 Å². The van der Waals surface area contributed by atoms with E-state index in [1.807, 2.05) is 31.2 Å². The molecule has 7 heteroatoms. The molecule has 0 saturated carbocycles. The molecule has 0 bridgehead atoms. The van der Waals surface area contributed by atoms with Crippen LogP contribution >= 0.6 is 0 Å². The van der Waals surface area contributed by atoms with Crippen molar-refractivity contribution in [2.75, 3.05) is 20.2 Å². The molecule has 1 fully saturated rings. The van der Waals surface area contributed by atoms with Crippen LogP contribution < -0.4 is 10.1 Å². The third-order valence-corrected chi connectivity index (χ3v) is 6.85. The van der Waals surface area contributed by atoms with Crippen molar-refractivity contribution in [1.82, 2.24) is 9.62 Å². The number of sulfonamides is 1. The largest absolute Gasteiger partial charge is 0.495 e. The molecule has 0 aliphatic carbocycles. The van der Waals surface area contributed by atoms with Crippen LogP contribution in [0.2, 0.25) is 0 Å². The number of nitrogens with zero attached hydrogens (tertiary/aromatic N) is 1. The molecule has 2 aromatic carbocycles. The summed E-state index contributed by atoms with van der Waals surface area (Å²) in [5.41, 5.74) is 2.43. The lowest BCUT2D eigenvalue weighted by atomic mass is 10.1. The summed E-state index contributed by atoms with van der Waals surface area (Å²) < 4.78 is 32.9. The Hall–Kier alpha value is -2.38. The molecule has 1 aliphatic heterocycles. The van der Waals surface area contributed by atoms with Gasteiger partial charge in [-0.2, -0.15) is 4.31 Å². The second-order valence-electron chi connectivity index (χ2n) is 7.00. The summed E-state index contributed by atoms with van der Waals surface area (Å²) in [6.07, 6.45) is 2.72. The predicted molar refractivity (Wildman–Crippen MR) is 108 cm³/mol. The minimum absolute atomic E-state index is 0.0416. The maximum absolute atomic E-state index is 13.1. The molecule has 1 aliphatic rings. The molecule has 6 nitrogen and oxygen atoms in total. The fraction of sp³-hybridized carbons (Fsp3) is 0.381. The fourth-order valence-corrected chi connectivity index (χ4v) is 4.95. The number of carbonyl (C=O) groups excluding carboxylic acids is 1. The Morgan fingerprint density at radius 3 is 2.39 bits per heavy atom. The smallest absolute Gasteiger partial charge is 0.251 e. The summed E-state index contributed by atoms with van der Waals surface area (Å²) in [6, 6.07) is 12.4. The lowest BCUT2D eigenvalue weighted by Crippen LogP contribution is -2.36. The summed E-state index contributed by atoms with van der Waals surface area (Å²) in [4.78, 5) is 12.6. The first kappa shape index (κ1) is 20.4. The van der Waals surface area contributed by atoms with E-state index < -0.39 is 10.0 Å². The Kier molecular flexibility index (Phi) is 6.36. The molecule has 2 aromatic rings. The van der Waals surface area contributed by atoms with Crippen LogP contribution in [-0.4, -0.2) is 38.8 Å². The van der Waals surface area contributed by atoms with Crippen LogP contribution in [0, 0.1) is 6.92 Å². The van der Waals surface area contributed by atoms with Crippen LogP contribution in [0.5, 0.6) is 5.75 Å². The van der Waals surface area contributed by atoms with Crippen molar-refractivity contribution in [3.05, 3.63) is 59.2 Å². The number of piperidine rings is 1. The second kappa shape index (κ2) is 8.75. The Balaban J connectivity index is 1.81. The van der Waals surface area contributed by atoms with Crippen LogP contribution in [0.15, 0.2) is 47.4 Å². The Labute approximate surface area is 166 Å². The van der Waals surface area contributed by atoms with Gasteiger partial charge in [-0.05, 0) is 43.5 Å². The highest BCUT2D eigenvalue weighted by atomic mass is 32.2. The highest BCUT2D eigenvalue weighted by Gasteiger charge is 2.29. The van der Waals surface area contributed by atoms with Crippen molar-refractivity contribution in [2.24, 2.45) is 0 Å². The van der Waals surface area contributed by atoms with Gasteiger partial charge in [0.15, 0.2) is 0 Å². The van der Waals surface area contributed by atoms with Gasteiger partial charge in [-0.3, -0.25) is 4.79 Å². The zero-order valence-corrected chi connectivity index (χ0v) is 17.1. The summed E-state index contributed by atoms with van der Waals surface area (Å²) >= 11 is 0. The molecule has 0 spiro atoms. The number of amides is 1. The number of rotatable bonds is 6. The molecule has 3 rings (SSSR count). The molecule has 1 amide bonds. The monoisotopic (exact) mass is 402 g/mol. The van der Waals surface area contributed by atoms with E-state index in [9.17, 15) is 13.2 Å². The van der Waals surface area contributed by atoms with Crippen LogP contribution in [0.3, 0.4) is 0 Å². The van der Waals surface area contributed by atoms with Gasteiger partial charge < -0.3 is 10.1 Å². The van der Waals surface area contributed by atoms with E-state index in [1.54, 1.807) is 6.07 Å². The normalized spacial score (nSPS) is 15.2. The van der Waals surface area contributed by atoms with E-state index in [1.165, 1.54) is 23.5 Å². The number of methoxy groups -OCH3 is 1. The topological polar surface area (TPSA) is 75.7 Å². The third kappa shape index (κ3) is 4.54. The summed E-state index contributed by atoms with van der Waals surface area (Å²) in [5, 5.41) is 2.84. The average Bonchev–Trinajstić information content (AvgIpc) is 2.73. The maximum atomic E-state index is 13.1. The van der Waals surface area contributed by atoms with Gasteiger partial charge in [0.1, 0.15) is 10.6 Å². The van der Waals surface area contributed by atoms with Crippen molar-refractivity contribution >= 4 is 15.9 Å². The lowest BCUT2D eigenvalue weighted by Gasteiger charge is -2.26. The molecule has 0 atom stereocenters. The van der Waals surface area contributed by atoms with Crippen molar-refractivity contribution in [2.45, 2.75) is 37.6 Å². The third-order valence-electron chi connectivity index (χ3n) is 4.93. The van der Waals surface area contributed by atoms with E-state index in [-0.39, 0.29) is 16.6 Å². The van der Waals surface area contributed by atoms with Gasteiger partial charge >= 0.3 is 0 Å². The molecule has 0 unspecified atom stereocenters. The quantitative estimate of drug-likeness (QED) is 0.806. The summed E-state index contributed by atoms with van der Waals surface area (Å²) in [7, 11) is -2.27. The molecule has 0 aromatic heterocycles. The van der Waals surface area contributed by atoms with Crippen molar-refractivity contribution in [3.8, 4) is 5.75 Å². The lowest BCUT2D eigenvalue weighted by molar-refractivity contribution is 0.0950. The van der Waals surface area contributed by atoms with Gasteiger partial charge in [-0.25, -0.2) is 8.42 Å². The number of nitrogens with one attached hydrogen (secondary N) is 1. The van der Waals surface area contributed by atoms with Crippen molar-refractivity contribution in [1.29, 1.82) is 0 Å². The number of aryl methyl sites for hydroxylation is 1. The second-order valence-corrected chi connectivity index (χ2v) is 8.91. The zero-order chi connectivity index (χ0) is 20.1. The highest BCUT2D eigenvalue weighted by molar-refractivity contribution is 7.89. The molecule has 150 valence electrons. The number of carbonyl (C=O) groups is 1. The Morgan fingerprint density at radius 2 is 1.75 bits per heavy atom. The van der Waals surface area contributed by atoms with Gasteiger partial charge in [-0.15, -0.1) is 0 Å². The predicted octanol–water partition coefficient (Wildman–Crippen LogP) is 3.11. The first-order chi connectivity index (χ1) is 13.4. The molecular formula is C21H26N2O4S. The van der Waals surface area contributed by atoms with Crippen LogP contribution in [0.25, 0.3) is 0 Å². The number of benzene rings is 2. The minimum Gasteiger partial charge on any atom is -0.495 e. The van der Waals surface area contributed by atoms with E-state index in [4.69, 9.17) is 4.74 Å². The Bertz CT molecular complexity index is 933. The number of hydrogen-bond acceptors (Lipinski definition) is 4. The molecule has 1 saturated heterocycles. The molecule has 1 heterocycles. The highest BCUT2D eigenvalue weighted by Crippen LogP contribution is 2.29. The van der Waals surface area contributed by atoms with E-state index in [2.05, 4.69) is 5.32 Å². The van der Waals surface area contributed by atoms with Gasteiger partial charge in [0.05, 0.1) is 7.11 Å². The van der Waals surface area contributed by atoms with Crippen molar-refractivity contribution in [3.63, 3.8) is 0 Å². The standard InChI is InChI=1S/C21H26N2O4S/c1-16-6-8-17(9-7-16)15-22-21(24)18-10-11-19(27-2)20(14-18)28(25,26)23-12-4-3-5-13-23/h6-11,14H,3-5,12-13,15H2,1-2H3,(H,22,24). The van der Waals surface area contributed by atoms with Crippen molar-refractivity contribution < 1.29 is 17.9 Å². The summed E-state index contributed by atoms with van der Waals surface area (Å²) in [5.74, 6) is -0.0704. The number of hydrogen-bond donors (Lipinski definition) is 1. The van der Waals surface area contributed by atoms with E-state index >= 15 is 0 Å². The minimum atomic E-state index is -3.70. The van der Waals surface area contributed by atoms with Crippen LogP contribution in [-0.2, 0) is 16.6 Å². The first-order valence-corrected chi connectivity index (χ1v) is 10.9. The van der Waals surface area contributed by atoms with E-state index in [0.717, 1.165) is 30.4 Å². The van der Waals surface area contributed by atoms with Gasteiger partial charge in [0.2, 0.25) is 10.0 Å². The SMILES string of the molecule is COc1ccc(C(=O)NCc2ccc(C)cc2)cc1S(=O)(=O)N1CCCCC1. The van der Waals surface area contributed by atoms with Gasteiger partial charge in [-0.1, -0.05) is 36.2 Å². The van der Waals surface area contributed by atoms with Crippen LogP contribution in [0.4, 0.5) is 0 Å². The first-order valence-electron chi connectivity index (χ1n) is 9.44. The fourth-order valence-electron chi connectivity index (χ4n) is 3.25. The average molecular weight is 403 g/mol. The molecule has 0 radical (unpaired) electrons. The zero-order valence-electron chi connectivity index (χ0n) is 16.3. The molecule has 28 heavy (non-hydrogen) atoms. The number of ether oxygens (including phenoxy) is 1. The van der Waals surface area contributed by atoms with Crippen LogP contribution in [0.1, 0.15) is 40.7 Å². The summed E-state index contributed by atoms with van der Waals surface area (Å²) in [6.45, 7) is 3.37. The molecule has 1 N–H and O–H groups in total. The van der Waals surface area contributed by atoms with Gasteiger partial charge in [0, 0.05) is 25.2 Å². The van der Waals surface area contributed by atoms with Gasteiger partial charge in [0.25, 0.3) is 5.91 Å². The maximum Gasteiger partial charge on any atom is 0.251 e. The molecular weight excluding hydrogens is 376 g/mol.